The predicted octanol–water partition coefficient (Wildman–Crippen LogP) is 1.15. The van der Waals surface area contributed by atoms with Gasteiger partial charge in [0, 0.05) is 31.1 Å². The number of piperidine rings is 1. The number of likely N-dealkylation sites (tertiary alicyclic amines) is 1. The van der Waals surface area contributed by atoms with E-state index in [2.05, 4.69) is 24.1 Å². The van der Waals surface area contributed by atoms with E-state index in [9.17, 15) is 4.79 Å². The molecule has 0 spiro atoms. The van der Waals surface area contributed by atoms with Gasteiger partial charge in [-0.25, -0.2) is 0 Å². The molecule has 2 rings (SSSR count). The van der Waals surface area contributed by atoms with E-state index in [4.69, 9.17) is 4.74 Å². The molecule has 0 radical (unpaired) electrons. The maximum absolute atomic E-state index is 12.3. The van der Waals surface area contributed by atoms with Gasteiger partial charge in [0.15, 0.2) is 0 Å². The molecule has 3 atom stereocenters. The number of hydrogen-bond donors (Lipinski definition) is 1. The first-order chi connectivity index (χ1) is 8.18. The summed E-state index contributed by atoms with van der Waals surface area (Å²) < 4.78 is 5.39. The van der Waals surface area contributed by atoms with Crippen molar-refractivity contribution in [1.29, 1.82) is 0 Å². The van der Waals surface area contributed by atoms with Crippen molar-refractivity contribution in [3.8, 4) is 0 Å². The second-order valence-electron chi connectivity index (χ2n) is 5.36. The van der Waals surface area contributed by atoms with Crippen molar-refractivity contribution in [3.05, 3.63) is 0 Å². The average Bonchev–Trinajstić information content (AvgIpc) is 2.30. The van der Waals surface area contributed by atoms with E-state index in [0.717, 1.165) is 26.0 Å². The van der Waals surface area contributed by atoms with Crippen LogP contribution in [0.3, 0.4) is 0 Å². The molecule has 2 aliphatic heterocycles. The molecule has 1 N–H and O–H groups in total. The standard InChI is InChI=1S/C13H24N2O2/c1-10-4-3-5-11(2)15(10)13(16)8-12-9-17-7-6-14-12/h10-12,14H,3-9H2,1-2H3. The summed E-state index contributed by atoms with van der Waals surface area (Å²) in [5.74, 6) is 0.285. The van der Waals surface area contributed by atoms with E-state index < -0.39 is 0 Å². The summed E-state index contributed by atoms with van der Waals surface area (Å²) in [6.45, 7) is 6.63. The van der Waals surface area contributed by atoms with Gasteiger partial charge in [-0.15, -0.1) is 0 Å². The van der Waals surface area contributed by atoms with E-state index in [1.54, 1.807) is 0 Å². The van der Waals surface area contributed by atoms with Crippen LogP contribution in [0.25, 0.3) is 0 Å². The maximum atomic E-state index is 12.3. The van der Waals surface area contributed by atoms with Crippen LogP contribution in [0.4, 0.5) is 0 Å². The van der Waals surface area contributed by atoms with Crippen molar-refractivity contribution in [2.24, 2.45) is 0 Å². The lowest BCUT2D eigenvalue weighted by Gasteiger charge is -2.40. The number of nitrogens with one attached hydrogen (secondary N) is 1. The zero-order chi connectivity index (χ0) is 12.3. The second-order valence-corrected chi connectivity index (χ2v) is 5.36. The second kappa shape index (κ2) is 5.83. The highest BCUT2D eigenvalue weighted by Crippen LogP contribution is 2.23. The molecule has 2 saturated heterocycles. The molecule has 0 aromatic carbocycles. The molecule has 17 heavy (non-hydrogen) atoms. The normalized spacial score (nSPS) is 34.7. The van der Waals surface area contributed by atoms with Crippen LogP contribution in [0.1, 0.15) is 39.5 Å². The van der Waals surface area contributed by atoms with Gasteiger partial charge < -0.3 is 15.0 Å². The third kappa shape index (κ3) is 3.19. The van der Waals surface area contributed by atoms with Crippen molar-refractivity contribution >= 4 is 5.91 Å². The van der Waals surface area contributed by atoms with Gasteiger partial charge in [-0.3, -0.25) is 4.79 Å². The zero-order valence-electron chi connectivity index (χ0n) is 10.9. The highest BCUT2D eigenvalue weighted by atomic mass is 16.5. The lowest BCUT2D eigenvalue weighted by molar-refractivity contribution is -0.138. The van der Waals surface area contributed by atoms with Crippen molar-refractivity contribution in [2.45, 2.75) is 57.7 Å². The van der Waals surface area contributed by atoms with E-state index in [1.165, 1.54) is 6.42 Å². The minimum atomic E-state index is 0.206. The van der Waals surface area contributed by atoms with E-state index in [0.29, 0.717) is 25.1 Å². The molecule has 4 heteroatoms. The van der Waals surface area contributed by atoms with Crippen LogP contribution in [-0.4, -0.2) is 48.7 Å². The number of carbonyl (C=O) groups is 1. The van der Waals surface area contributed by atoms with Crippen LogP contribution < -0.4 is 5.32 Å². The fourth-order valence-electron chi connectivity index (χ4n) is 2.98. The Labute approximate surface area is 104 Å². The minimum Gasteiger partial charge on any atom is -0.378 e. The number of hydrogen-bond acceptors (Lipinski definition) is 3. The Hall–Kier alpha value is -0.610. The molecule has 2 aliphatic rings. The Morgan fingerprint density at radius 1 is 1.35 bits per heavy atom. The summed E-state index contributed by atoms with van der Waals surface area (Å²) in [7, 11) is 0. The molecule has 1 amide bonds. The molecule has 2 fully saturated rings. The third-order valence-electron chi connectivity index (χ3n) is 3.90. The molecule has 98 valence electrons. The monoisotopic (exact) mass is 240 g/mol. The molecule has 0 aromatic heterocycles. The Bertz CT molecular complexity index is 254. The van der Waals surface area contributed by atoms with E-state index in [-0.39, 0.29) is 11.9 Å². The Kier molecular flexibility index (Phi) is 4.40. The molecular weight excluding hydrogens is 216 g/mol. The van der Waals surface area contributed by atoms with E-state index >= 15 is 0 Å². The van der Waals surface area contributed by atoms with Gasteiger partial charge in [-0.05, 0) is 33.1 Å². The third-order valence-corrected chi connectivity index (χ3v) is 3.90. The topological polar surface area (TPSA) is 41.6 Å². The van der Waals surface area contributed by atoms with Gasteiger partial charge in [0.25, 0.3) is 0 Å². The lowest BCUT2D eigenvalue weighted by atomic mass is 9.96. The Morgan fingerprint density at radius 2 is 2.06 bits per heavy atom. The Balaban J connectivity index is 1.88. The summed E-state index contributed by atoms with van der Waals surface area (Å²) >= 11 is 0. The number of morpholine rings is 1. The van der Waals surface area contributed by atoms with Crippen LogP contribution >= 0.6 is 0 Å². The summed E-state index contributed by atoms with van der Waals surface area (Å²) in [6.07, 6.45) is 4.11. The molecule has 2 heterocycles. The maximum Gasteiger partial charge on any atom is 0.224 e. The first-order valence-corrected chi connectivity index (χ1v) is 6.80. The largest absolute Gasteiger partial charge is 0.378 e. The summed E-state index contributed by atoms with van der Waals surface area (Å²) in [5, 5.41) is 3.35. The lowest BCUT2D eigenvalue weighted by Crippen LogP contribution is -2.51. The zero-order valence-corrected chi connectivity index (χ0v) is 10.9. The molecular formula is C13H24N2O2. The Morgan fingerprint density at radius 3 is 2.65 bits per heavy atom. The molecule has 0 aliphatic carbocycles. The molecule has 0 bridgehead atoms. The number of rotatable bonds is 2. The van der Waals surface area contributed by atoms with Gasteiger partial charge in [-0.2, -0.15) is 0 Å². The van der Waals surface area contributed by atoms with E-state index in [1.807, 2.05) is 0 Å². The van der Waals surface area contributed by atoms with Gasteiger partial charge in [0.2, 0.25) is 5.91 Å². The van der Waals surface area contributed by atoms with Crippen LogP contribution in [0.15, 0.2) is 0 Å². The van der Waals surface area contributed by atoms with Crippen molar-refractivity contribution in [3.63, 3.8) is 0 Å². The first kappa shape index (κ1) is 12.8. The number of carbonyl (C=O) groups excluding carboxylic acids is 1. The average molecular weight is 240 g/mol. The van der Waals surface area contributed by atoms with Crippen LogP contribution in [-0.2, 0) is 9.53 Å². The summed E-state index contributed by atoms with van der Waals surface area (Å²) in [6, 6.07) is 1.00. The number of nitrogens with zero attached hydrogens (tertiary/aromatic N) is 1. The number of amides is 1. The predicted molar refractivity (Wildman–Crippen MR) is 66.8 cm³/mol. The van der Waals surface area contributed by atoms with Crippen molar-refractivity contribution in [2.75, 3.05) is 19.8 Å². The fraction of sp³-hybridized carbons (Fsp3) is 0.923. The van der Waals surface area contributed by atoms with Gasteiger partial charge >= 0.3 is 0 Å². The van der Waals surface area contributed by atoms with Crippen LogP contribution in [0, 0.1) is 0 Å². The fourth-order valence-corrected chi connectivity index (χ4v) is 2.98. The summed E-state index contributed by atoms with van der Waals surface area (Å²) in [4.78, 5) is 14.4. The number of ether oxygens (including phenoxy) is 1. The molecule has 0 saturated carbocycles. The smallest absolute Gasteiger partial charge is 0.224 e. The highest BCUT2D eigenvalue weighted by Gasteiger charge is 2.30. The minimum absolute atomic E-state index is 0.206. The van der Waals surface area contributed by atoms with Crippen molar-refractivity contribution < 1.29 is 9.53 Å². The molecule has 4 nitrogen and oxygen atoms in total. The van der Waals surface area contributed by atoms with Gasteiger partial charge in [0.05, 0.1) is 13.2 Å². The van der Waals surface area contributed by atoms with Crippen LogP contribution in [0.5, 0.6) is 0 Å². The van der Waals surface area contributed by atoms with Gasteiger partial charge in [-0.1, -0.05) is 0 Å². The first-order valence-electron chi connectivity index (χ1n) is 6.80. The SMILES string of the molecule is CC1CCCC(C)N1C(=O)CC1COCCN1. The molecule has 0 aromatic rings. The van der Waals surface area contributed by atoms with Gasteiger partial charge in [0.1, 0.15) is 0 Å². The van der Waals surface area contributed by atoms with Crippen molar-refractivity contribution in [1.82, 2.24) is 10.2 Å². The van der Waals surface area contributed by atoms with Crippen LogP contribution in [0.2, 0.25) is 0 Å². The quantitative estimate of drug-likeness (QED) is 0.787. The molecule has 3 unspecified atom stereocenters. The highest BCUT2D eigenvalue weighted by molar-refractivity contribution is 5.77. The summed E-state index contributed by atoms with van der Waals surface area (Å²) in [5.41, 5.74) is 0.